The minimum Gasteiger partial charge on any atom is -0.309 e. The highest BCUT2D eigenvalue weighted by atomic mass is 15.1. The molecule has 0 N–H and O–H groups in total. The highest BCUT2D eigenvalue weighted by Crippen LogP contribution is 2.42. The Morgan fingerprint density at radius 3 is 1.54 bits per heavy atom. The van der Waals surface area contributed by atoms with Gasteiger partial charge in [0.05, 0.1) is 11.9 Å². The van der Waals surface area contributed by atoms with E-state index in [-0.39, 0.29) is 0 Å². The smallest absolute Gasteiger partial charge is 0.0644 e. The topological polar surface area (TPSA) is 16.1 Å². The predicted molar refractivity (Wildman–Crippen MR) is 148 cm³/mol. The molecule has 0 aliphatic heterocycles. The van der Waals surface area contributed by atoms with E-state index < -0.39 is 0 Å². The van der Waals surface area contributed by atoms with E-state index in [0.29, 0.717) is 0 Å². The summed E-state index contributed by atoms with van der Waals surface area (Å²) in [6.07, 6.45) is 3.74. The van der Waals surface area contributed by atoms with Crippen molar-refractivity contribution < 1.29 is 0 Å². The number of rotatable bonds is 4. The molecule has 1 aromatic heterocycles. The Bertz CT molecular complexity index is 1670. The molecule has 0 atom stereocenters. The quantitative estimate of drug-likeness (QED) is 0.251. The molecule has 0 radical (unpaired) electrons. The van der Waals surface area contributed by atoms with E-state index in [9.17, 15) is 0 Å². The van der Waals surface area contributed by atoms with Crippen LogP contribution in [-0.4, -0.2) is 4.98 Å². The third-order valence-electron chi connectivity index (χ3n) is 6.80. The maximum atomic E-state index is 4.39. The molecule has 164 valence electrons. The van der Waals surface area contributed by atoms with Gasteiger partial charge in [-0.05, 0) is 92.0 Å². The van der Waals surface area contributed by atoms with E-state index in [4.69, 9.17) is 0 Å². The van der Waals surface area contributed by atoms with E-state index in [2.05, 4.69) is 125 Å². The van der Waals surface area contributed by atoms with Crippen molar-refractivity contribution >= 4 is 49.4 Å². The number of hydrogen-bond donors (Lipinski definition) is 0. The summed E-state index contributed by atoms with van der Waals surface area (Å²) < 4.78 is 0. The molecule has 0 aliphatic rings. The Morgan fingerprint density at radius 1 is 0.429 bits per heavy atom. The average molecular weight is 447 g/mol. The van der Waals surface area contributed by atoms with Gasteiger partial charge in [-0.2, -0.15) is 0 Å². The summed E-state index contributed by atoms with van der Waals surface area (Å²) in [5, 5.41) is 7.70. The lowest BCUT2D eigenvalue weighted by molar-refractivity contribution is 1.23. The van der Waals surface area contributed by atoms with Crippen LogP contribution in [0.3, 0.4) is 0 Å². The second kappa shape index (κ2) is 7.96. The van der Waals surface area contributed by atoms with Gasteiger partial charge in [-0.3, -0.25) is 4.98 Å². The van der Waals surface area contributed by atoms with Crippen LogP contribution in [0.2, 0.25) is 0 Å². The van der Waals surface area contributed by atoms with Crippen molar-refractivity contribution in [3.63, 3.8) is 0 Å². The van der Waals surface area contributed by atoms with Crippen molar-refractivity contribution in [3.8, 4) is 11.1 Å². The average Bonchev–Trinajstić information content (AvgIpc) is 2.93. The van der Waals surface area contributed by atoms with Crippen molar-refractivity contribution in [1.82, 2.24) is 4.98 Å². The molecule has 0 spiro atoms. The molecule has 0 saturated heterocycles. The fourth-order valence-corrected chi connectivity index (χ4v) is 5.26. The highest BCUT2D eigenvalue weighted by Gasteiger charge is 2.16. The molecule has 0 fully saturated rings. The van der Waals surface area contributed by atoms with Crippen LogP contribution in [-0.2, 0) is 0 Å². The molecule has 0 amide bonds. The number of anilines is 3. The summed E-state index contributed by atoms with van der Waals surface area (Å²) in [5.41, 5.74) is 5.78. The van der Waals surface area contributed by atoms with Crippen molar-refractivity contribution in [2.24, 2.45) is 0 Å². The molecule has 2 nitrogen and oxygen atoms in total. The van der Waals surface area contributed by atoms with Gasteiger partial charge in [0.1, 0.15) is 0 Å². The Labute approximate surface area is 204 Å². The number of hydrogen-bond acceptors (Lipinski definition) is 2. The van der Waals surface area contributed by atoms with Crippen LogP contribution in [0.1, 0.15) is 0 Å². The maximum absolute atomic E-state index is 4.39. The van der Waals surface area contributed by atoms with Crippen LogP contribution in [0.15, 0.2) is 134 Å². The predicted octanol–water partition coefficient (Wildman–Crippen LogP) is 9.12. The van der Waals surface area contributed by atoms with Gasteiger partial charge in [-0.25, -0.2) is 0 Å². The maximum Gasteiger partial charge on any atom is 0.0644 e. The molecule has 2 heteroatoms. The van der Waals surface area contributed by atoms with E-state index in [0.717, 1.165) is 17.1 Å². The number of pyridine rings is 1. The van der Waals surface area contributed by atoms with Crippen molar-refractivity contribution in [1.29, 1.82) is 0 Å². The molecule has 1 heterocycles. The lowest BCUT2D eigenvalue weighted by Gasteiger charge is -2.26. The molecule has 0 aliphatic carbocycles. The van der Waals surface area contributed by atoms with E-state index in [1.165, 1.54) is 43.4 Å². The first-order chi connectivity index (χ1) is 17.3. The Kier molecular flexibility index (Phi) is 4.49. The van der Waals surface area contributed by atoms with Gasteiger partial charge in [0, 0.05) is 17.6 Å². The van der Waals surface area contributed by atoms with Gasteiger partial charge < -0.3 is 4.90 Å². The molecular weight excluding hydrogens is 424 g/mol. The number of para-hydroxylation sites is 1. The van der Waals surface area contributed by atoms with Crippen LogP contribution in [0.5, 0.6) is 0 Å². The molecule has 7 rings (SSSR count). The summed E-state index contributed by atoms with van der Waals surface area (Å²) in [6.45, 7) is 0. The fraction of sp³-hybridized carbons (Fsp3) is 0. The molecule has 7 aromatic rings. The largest absolute Gasteiger partial charge is 0.309 e. The van der Waals surface area contributed by atoms with Gasteiger partial charge in [-0.15, -0.1) is 0 Å². The minimum absolute atomic E-state index is 1.04. The SMILES string of the molecule is c1ccc(-c2cc3ccc4cc(N(c5ccccc5)c5cccnc5)cc5ccc(c2)c3c45)cc1. The number of nitrogens with zero attached hydrogens (tertiary/aromatic N) is 2. The third-order valence-corrected chi connectivity index (χ3v) is 6.80. The first kappa shape index (κ1) is 19.7. The molecule has 35 heavy (non-hydrogen) atoms. The van der Waals surface area contributed by atoms with Gasteiger partial charge in [0.15, 0.2) is 0 Å². The Morgan fingerprint density at radius 2 is 0.971 bits per heavy atom. The molecule has 0 bridgehead atoms. The zero-order chi connectivity index (χ0) is 23.2. The van der Waals surface area contributed by atoms with Gasteiger partial charge in [-0.1, -0.05) is 72.8 Å². The Hall–Kier alpha value is -4.69. The second-order valence-corrected chi connectivity index (χ2v) is 8.94. The summed E-state index contributed by atoms with van der Waals surface area (Å²) >= 11 is 0. The lowest BCUT2D eigenvalue weighted by atomic mass is 9.91. The zero-order valence-corrected chi connectivity index (χ0v) is 19.1. The second-order valence-electron chi connectivity index (χ2n) is 8.94. The van der Waals surface area contributed by atoms with Crippen LogP contribution in [0.25, 0.3) is 43.4 Å². The lowest BCUT2D eigenvalue weighted by Crippen LogP contribution is -2.10. The normalized spacial score (nSPS) is 11.4. The highest BCUT2D eigenvalue weighted by molar-refractivity contribution is 6.24. The molecule has 6 aromatic carbocycles. The van der Waals surface area contributed by atoms with Crippen molar-refractivity contribution in [3.05, 3.63) is 134 Å². The van der Waals surface area contributed by atoms with Crippen LogP contribution >= 0.6 is 0 Å². The molecule has 0 saturated carbocycles. The first-order valence-corrected chi connectivity index (χ1v) is 11.9. The fourth-order valence-electron chi connectivity index (χ4n) is 5.26. The summed E-state index contributed by atoms with van der Waals surface area (Å²) in [4.78, 5) is 6.66. The standard InChI is InChI=1S/C33H22N2/c1-3-8-23(9-4-1)28-18-24-13-15-26-20-31(21-27-16-14-25(19-28)32(24)33(26)27)35(29-10-5-2-6-11-29)30-12-7-17-34-22-30/h1-22H. The van der Waals surface area contributed by atoms with Crippen molar-refractivity contribution in [2.45, 2.75) is 0 Å². The summed E-state index contributed by atoms with van der Waals surface area (Å²) in [7, 11) is 0. The Balaban J connectivity index is 1.46. The minimum atomic E-state index is 1.04. The van der Waals surface area contributed by atoms with Crippen LogP contribution in [0, 0.1) is 0 Å². The first-order valence-electron chi connectivity index (χ1n) is 11.9. The summed E-state index contributed by atoms with van der Waals surface area (Å²) in [5.74, 6) is 0. The molecule has 0 unspecified atom stereocenters. The zero-order valence-electron chi connectivity index (χ0n) is 19.1. The van der Waals surface area contributed by atoms with Crippen molar-refractivity contribution in [2.75, 3.05) is 4.90 Å². The number of benzene rings is 6. The van der Waals surface area contributed by atoms with Gasteiger partial charge in [0.2, 0.25) is 0 Å². The third kappa shape index (κ3) is 3.31. The van der Waals surface area contributed by atoms with Crippen LogP contribution < -0.4 is 4.90 Å². The van der Waals surface area contributed by atoms with E-state index >= 15 is 0 Å². The van der Waals surface area contributed by atoms with E-state index in [1.807, 2.05) is 18.5 Å². The summed E-state index contributed by atoms with van der Waals surface area (Å²) in [6, 6.07) is 43.5. The van der Waals surface area contributed by atoms with E-state index in [1.54, 1.807) is 0 Å². The van der Waals surface area contributed by atoms with Gasteiger partial charge >= 0.3 is 0 Å². The molecular formula is C33H22N2. The van der Waals surface area contributed by atoms with Gasteiger partial charge in [0.25, 0.3) is 0 Å². The van der Waals surface area contributed by atoms with Crippen LogP contribution in [0.4, 0.5) is 17.1 Å². The monoisotopic (exact) mass is 446 g/mol. The number of aromatic nitrogens is 1.